The second-order valence-electron chi connectivity index (χ2n) is 4.37. The molecule has 0 unspecified atom stereocenters. The second kappa shape index (κ2) is 5.69. The molecule has 0 saturated heterocycles. The quantitative estimate of drug-likeness (QED) is 0.809. The molecule has 0 saturated carbocycles. The van der Waals surface area contributed by atoms with E-state index in [2.05, 4.69) is 24.1 Å². The maximum absolute atomic E-state index is 5.98. The Morgan fingerprint density at radius 2 is 2.20 bits per heavy atom. The molecule has 0 fully saturated rings. The van der Waals surface area contributed by atoms with Crippen LogP contribution in [0.1, 0.15) is 19.4 Å². The first-order chi connectivity index (χ1) is 7.05. The van der Waals surface area contributed by atoms with Crippen molar-refractivity contribution in [2.75, 3.05) is 12.4 Å². The van der Waals surface area contributed by atoms with Crippen LogP contribution >= 0.6 is 23.2 Å². The van der Waals surface area contributed by atoms with Crippen molar-refractivity contribution in [1.29, 1.82) is 0 Å². The van der Waals surface area contributed by atoms with E-state index in [0.717, 1.165) is 18.7 Å². The third-order valence-corrected chi connectivity index (χ3v) is 3.20. The van der Waals surface area contributed by atoms with Crippen molar-refractivity contribution in [3.63, 3.8) is 0 Å². The first-order valence-electron chi connectivity index (χ1n) is 4.90. The van der Waals surface area contributed by atoms with Crippen molar-refractivity contribution in [1.82, 2.24) is 10.3 Å². The van der Waals surface area contributed by atoms with E-state index in [0.29, 0.717) is 10.9 Å². The molecule has 1 aromatic rings. The monoisotopic (exact) mass is 246 g/mol. The predicted molar refractivity (Wildman–Crippen MR) is 65.5 cm³/mol. The molecule has 4 heteroatoms. The molecule has 0 radical (unpaired) electrons. The Balaban J connectivity index is 2.42. The zero-order chi connectivity index (χ0) is 11.3. The van der Waals surface area contributed by atoms with Crippen LogP contribution in [0.25, 0.3) is 0 Å². The molecule has 1 aromatic heterocycles. The number of pyridine rings is 1. The average Bonchev–Trinajstić information content (AvgIpc) is 2.21. The van der Waals surface area contributed by atoms with Gasteiger partial charge in [-0.05, 0) is 17.0 Å². The summed E-state index contributed by atoms with van der Waals surface area (Å²) in [5.41, 5.74) is 1.18. The molecule has 0 aromatic carbocycles. The largest absolute Gasteiger partial charge is 0.312 e. The Morgan fingerprint density at radius 1 is 1.47 bits per heavy atom. The van der Waals surface area contributed by atoms with Gasteiger partial charge in [-0.25, -0.2) is 0 Å². The zero-order valence-electron chi connectivity index (χ0n) is 9.06. The van der Waals surface area contributed by atoms with E-state index >= 15 is 0 Å². The Kier molecular flexibility index (Phi) is 4.84. The number of halogens is 2. The van der Waals surface area contributed by atoms with Gasteiger partial charge in [-0.1, -0.05) is 25.4 Å². The molecule has 0 aliphatic heterocycles. The van der Waals surface area contributed by atoms with Crippen LogP contribution < -0.4 is 5.32 Å². The lowest BCUT2D eigenvalue weighted by Crippen LogP contribution is -2.30. The van der Waals surface area contributed by atoms with Crippen molar-refractivity contribution in [3.05, 3.63) is 29.0 Å². The summed E-state index contributed by atoms with van der Waals surface area (Å²) in [4.78, 5) is 3.94. The third-order valence-electron chi connectivity index (χ3n) is 2.14. The summed E-state index contributed by atoms with van der Waals surface area (Å²) >= 11 is 11.8. The second-order valence-corrected chi connectivity index (χ2v) is 5.04. The minimum Gasteiger partial charge on any atom is -0.312 e. The van der Waals surface area contributed by atoms with E-state index in [4.69, 9.17) is 23.2 Å². The normalized spacial score (nSPS) is 11.7. The van der Waals surface area contributed by atoms with Crippen LogP contribution in [0.4, 0.5) is 0 Å². The van der Waals surface area contributed by atoms with Gasteiger partial charge in [-0.15, -0.1) is 11.6 Å². The molecule has 0 amide bonds. The highest BCUT2D eigenvalue weighted by atomic mass is 35.5. The highest BCUT2D eigenvalue weighted by molar-refractivity contribution is 6.31. The van der Waals surface area contributed by atoms with E-state index in [1.54, 1.807) is 12.4 Å². The summed E-state index contributed by atoms with van der Waals surface area (Å²) in [6.45, 7) is 5.87. The summed E-state index contributed by atoms with van der Waals surface area (Å²) < 4.78 is 0. The van der Waals surface area contributed by atoms with Crippen LogP contribution in [0.3, 0.4) is 0 Å². The van der Waals surface area contributed by atoms with Crippen LogP contribution in [0.2, 0.25) is 5.02 Å². The maximum Gasteiger partial charge on any atom is 0.0634 e. The molecule has 1 N–H and O–H groups in total. The summed E-state index contributed by atoms with van der Waals surface area (Å²) in [7, 11) is 0. The van der Waals surface area contributed by atoms with Crippen molar-refractivity contribution < 1.29 is 0 Å². The molecule has 15 heavy (non-hydrogen) atoms. The van der Waals surface area contributed by atoms with E-state index < -0.39 is 0 Å². The molecule has 84 valence electrons. The van der Waals surface area contributed by atoms with Gasteiger partial charge in [0.15, 0.2) is 0 Å². The Morgan fingerprint density at radius 3 is 2.80 bits per heavy atom. The van der Waals surface area contributed by atoms with Gasteiger partial charge in [-0.2, -0.15) is 0 Å². The van der Waals surface area contributed by atoms with Crippen LogP contribution in [-0.4, -0.2) is 17.4 Å². The summed E-state index contributed by atoms with van der Waals surface area (Å²) in [6.07, 6.45) is 3.40. The van der Waals surface area contributed by atoms with Crippen molar-refractivity contribution >= 4 is 23.2 Å². The van der Waals surface area contributed by atoms with Gasteiger partial charge >= 0.3 is 0 Å². The number of alkyl halides is 1. The fraction of sp³-hybridized carbons (Fsp3) is 0.545. The summed E-state index contributed by atoms with van der Waals surface area (Å²) in [5, 5.41) is 4.04. The minimum absolute atomic E-state index is 0.112. The summed E-state index contributed by atoms with van der Waals surface area (Å²) in [6, 6.07) is 1.92. The van der Waals surface area contributed by atoms with Gasteiger partial charge in [0.2, 0.25) is 0 Å². The SMILES string of the molecule is CC(C)(CCl)CNCc1ccncc1Cl. The molecule has 0 bridgehead atoms. The lowest BCUT2D eigenvalue weighted by Gasteiger charge is -2.21. The van der Waals surface area contributed by atoms with Crippen LogP contribution in [-0.2, 0) is 6.54 Å². The lowest BCUT2D eigenvalue weighted by atomic mass is 9.96. The van der Waals surface area contributed by atoms with Gasteiger partial charge in [0, 0.05) is 31.4 Å². The van der Waals surface area contributed by atoms with Gasteiger partial charge in [0.1, 0.15) is 0 Å². The Bertz CT molecular complexity index is 313. The summed E-state index contributed by atoms with van der Waals surface area (Å²) in [5.74, 6) is 0.643. The zero-order valence-corrected chi connectivity index (χ0v) is 10.6. The predicted octanol–water partition coefficient (Wildman–Crippen LogP) is 3.09. The first kappa shape index (κ1) is 12.8. The highest BCUT2D eigenvalue weighted by Gasteiger charge is 2.15. The van der Waals surface area contributed by atoms with Crippen molar-refractivity contribution in [3.8, 4) is 0 Å². The van der Waals surface area contributed by atoms with Crippen LogP contribution in [0.15, 0.2) is 18.5 Å². The van der Waals surface area contributed by atoms with E-state index in [9.17, 15) is 0 Å². The molecule has 1 heterocycles. The van der Waals surface area contributed by atoms with Gasteiger partial charge in [-0.3, -0.25) is 4.98 Å². The van der Waals surface area contributed by atoms with Crippen LogP contribution in [0.5, 0.6) is 0 Å². The molecule has 0 atom stereocenters. The Labute approximate surface area is 101 Å². The van der Waals surface area contributed by atoms with Gasteiger partial charge in [0.05, 0.1) is 5.02 Å². The molecule has 1 rings (SSSR count). The highest BCUT2D eigenvalue weighted by Crippen LogP contribution is 2.17. The maximum atomic E-state index is 5.98. The molecule has 0 spiro atoms. The average molecular weight is 247 g/mol. The first-order valence-corrected chi connectivity index (χ1v) is 5.81. The van der Waals surface area contributed by atoms with E-state index in [1.165, 1.54) is 0 Å². The fourth-order valence-electron chi connectivity index (χ4n) is 1.13. The molecule has 0 aliphatic carbocycles. The van der Waals surface area contributed by atoms with Crippen LogP contribution in [0, 0.1) is 5.41 Å². The lowest BCUT2D eigenvalue weighted by molar-refractivity contribution is 0.385. The third kappa shape index (κ3) is 4.37. The molecule has 0 aliphatic rings. The fourth-order valence-corrected chi connectivity index (χ4v) is 1.41. The molecular weight excluding hydrogens is 231 g/mol. The number of rotatable bonds is 5. The van der Waals surface area contributed by atoms with Crippen molar-refractivity contribution in [2.45, 2.75) is 20.4 Å². The Hall–Kier alpha value is -0.310. The van der Waals surface area contributed by atoms with Gasteiger partial charge in [0.25, 0.3) is 0 Å². The number of hydrogen-bond donors (Lipinski definition) is 1. The number of hydrogen-bond acceptors (Lipinski definition) is 2. The topological polar surface area (TPSA) is 24.9 Å². The number of nitrogens with zero attached hydrogens (tertiary/aromatic N) is 1. The number of aromatic nitrogens is 1. The molecular formula is C11H16Cl2N2. The van der Waals surface area contributed by atoms with E-state index in [1.807, 2.05) is 6.07 Å². The molecule has 2 nitrogen and oxygen atoms in total. The van der Waals surface area contributed by atoms with E-state index in [-0.39, 0.29) is 5.41 Å². The van der Waals surface area contributed by atoms with Crippen molar-refractivity contribution in [2.24, 2.45) is 5.41 Å². The smallest absolute Gasteiger partial charge is 0.0634 e. The minimum atomic E-state index is 0.112. The standard InChI is InChI=1S/C11H16Cl2N2/c1-11(2,7-12)8-15-5-9-3-4-14-6-10(9)13/h3-4,6,15H,5,7-8H2,1-2H3. The van der Waals surface area contributed by atoms with Gasteiger partial charge < -0.3 is 5.32 Å². The number of nitrogens with one attached hydrogen (secondary N) is 1.